The number of methoxy groups -OCH3 is 1. The number of aryl methyl sites for hydroxylation is 2. The van der Waals surface area contributed by atoms with Crippen molar-refractivity contribution in [3.63, 3.8) is 0 Å². The molecule has 0 bridgehead atoms. The molecule has 0 amide bonds. The van der Waals surface area contributed by atoms with Gasteiger partial charge in [0.1, 0.15) is 11.6 Å². The lowest BCUT2D eigenvalue weighted by molar-refractivity contribution is 0.415. The van der Waals surface area contributed by atoms with Crippen LogP contribution in [0.15, 0.2) is 53.5 Å². The van der Waals surface area contributed by atoms with Gasteiger partial charge in [0.05, 0.1) is 23.8 Å². The van der Waals surface area contributed by atoms with E-state index >= 15 is 0 Å². The molecule has 2 N–H and O–H groups in total. The third-order valence-corrected chi connectivity index (χ3v) is 5.87. The molecule has 31 heavy (non-hydrogen) atoms. The fourth-order valence-electron chi connectivity index (χ4n) is 4.30. The Labute approximate surface area is 184 Å². The SMILES string of the molecule is CN=C(NCCCn1c(C)nc2ccccc21)NC1CCN(c2ccccc2OC)C1. The summed E-state index contributed by atoms with van der Waals surface area (Å²) in [5, 5.41) is 7.04. The molecule has 1 unspecified atom stereocenters. The van der Waals surface area contributed by atoms with Crippen LogP contribution in [0.1, 0.15) is 18.7 Å². The van der Waals surface area contributed by atoms with Gasteiger partial charge in [-0.1, -0.05) is 24.3 Å². The lowest BCUT2D eigenvalue weighted by Crippen LogP contribution is -2.45. The van der Waals surface area contributed by atoms with Gasteiger partial charge in [-0.05, 0) is 44.0 Å². The number of benzene rings is 2. The molecule has 1 aliphatic heterocycles. The zero-order valence-corrected chi connectivity index (χ0v) is 18.6. The molecule has 1 fully saturated rings. The number of aromatic nitrogens is 2. The number of para-hydroxylation sites is 4. The van der Waals surface area contributed by atoms with Gasteiger partial charge >= 0.3 is 0 Å². The molecular formula is C24H32N6O. The van der Waals surface area contributed by atoms with Crippen LogP contribution in [-0.2, 0) is 6.54 Å². The van der Waals surface area contributed by atoms with E-state index < -0.39 is 0 Å². The van der Waals surface area contributed by atoms with Gasteiger partial charge in [0, 0.05) is 39.3 Å². The number of nitrogens with zero attached hydrogens (tertiary/aromatic N) is 4. The Morgan fingerprint density at radius 2 is 2.00 bits per heavy atom. The van der Waals surface area contributed by atoms with Crippen molar-refractivity contribution >= 4 is 22.7 Å². The summed E-state index contributed by atoms with van der Waals surface area (Å²) in [5.41, 5.74) is 3.41. The van der Waals surface area contributed by atoms with Crippen LogP contribution < -0.4 is 20.3 Å². The summed E-state index contributed by atoms with van der Waals surface area (Å²) >= 11 is 0. The van der Waals surface area contributed by atoms with Crippen LogP contribution in [0.4, 0.5) is 5.69 Å². The number of imidazole rings is 1. The Hall–Kier alpha value is -3.22. The average Bonchev–Trinajstić information content (AvgIpc) is 3.39. The molecule has 7 heteroatoms. The summed E-state index contributed by atoms with van der Waals surface area (Å²) in [6, 6.07) is 16.9. The van der Waals surface area contributed by atoms with Crippen LogP contribution in [0.2, 0.25) is 0 Å². The Morgan fingerprint density at radius 3 is 2.84 bits per heavy atom. The number of aliphatic imine (C=N–C) groups is 1. The Bertz CT molecular complexity index is 1040. The summed E-state index contributed by atoms with van der Waals surface area (Å²) in [4.78, 5) is 11.4. The summed E-state index contributed by atoms with van der Waals surface area (Å²) in [5.74, 6) is 2.85. The molecule has 7 nitrogen and oxygen atoms in total. The van der Waals surface area contributed by atoms with E-state index in [1.54, 1.807) is 7.11 Å². The molecule has 2 aromatic carbocycles. The number of rotatable bonds is 7. The predicted octanol–water partition coefficient (Wildman–Crippen LogP) is 3.19. The highest BCUT2D eigenvalue weighted by molar-refractivity contribution is 5.80. The molecule has 2 heterocycles. The lowest BCUT2D eigenvalue weighted by atomic mass is 10.2. The van der Waals surface area contributed by atoms with E-state index in [0.717, 1.165) is 67.8 Å². The number of fused-ring (bicyclic) bond motifs is 1. The maximum absolute atomic E-state index is 5.52. The van der Waals surface area contributed by atoms with Crippen molar-refractivity contribution in [1.82, 2.24) is 20.2 Å². The van der Waals surface area contributed by atoms with Gasteiger partial charge < -0.3 is 24.8 Å². The van der Waals surface area contributed by atoms with Crippen molar-refractivity contribution in [3.05, 3.63) is 54.4 Å². The molecule has 1 saturated heterocycles. The zero-order chi connectivity index (χ0) is 21.6. The Balaban J connectivity index is 1.26. The summed E-state index contributed by atoms with van der Waals surface area (Å²) < 4.78 is 7.81. The second kappa shape index (κ2) is 9.73. The van der Waals surface area contributed by atoms with Crippen molar-refractivity contribution in [2.75, 3.05) is 38.7 Å². The highest BCUT2D eigenvalue weighted by Gasteiger charge is 2.25. The number of hydrogen-bond acceptors (Lipinski definition) is 4. The minimum Gasteiger partial charge on any atom is -0.495 e. The fourth-order valence-corrected chi connectivity index (χ4v) is 4.30. The quantitative estimate of drug-likeness (QED) is 0.349. The van der Waals surface area contributed by atoms with E-state index in [0.29, 0.717) is 6.04 Å². The zero-order valence-electron chi connectivity index (χ0n) is 18.6. The maximum atomic E-state index is 5.52. The first-order valence-electron chi connectivity index (χ1n) is 11.0. The molecule has 0 saturated carbocycles. The number of anilines is 1. The van der Waals surface area contributed by atoms with Crippen molar-refractivity contribution in [2.24, 2.45) is 4.99 Å². The van der Waals surface area contributed by atoms with Crippen LogP contribution in [0, 0.1) is 6.92 Å². The molecule has 1 aliphatic rings. The van der Waals surface area contributed by atoms with Gasteiger partial charge in [-0.2, -0.15) is 0 Å². The Kier molecular flexibility index (Phi) is 6.60. The van der Waals surface area contributed by atoms with Gasteiger partial charge in [0.25, 0.3) is 0 Å². The van der Waals surface area contributed by atoms with E-state index in [4.69, 9.17) is 4.74 Å². The molecule has 1 aromatic heterocycles. The van der Waals surface area contributed by atoms with Gasteiger partial charge in [-0.15, -0.1) is 0 Å². The van der Waals surface area contributed by atoms with E-state index in [2.05, 4.69) is 67.3 Å². The number of guanidine groups is 1. The van der Waals surface area contributed by atoms with Crippen LogP contribution in [-0.4, -0.2) is 55.3 Å². The second-order valence-corrected chi connectivity index (χ2v) is 7.90. The van der Waals surface area contributed by atoms with Gasteiger partial charge in [-0.25, -0.2) is 4.98 Å². The van der Waals surface area contributed by atoms with Crippen LogP contribution in [0.5, 0.6) is 5.75 Å². The van der Waals surface area contributed by atoms with Gasteiger partial charge in [0.15, 0.2) is 5.96 Å². The average molecular weight is 421 g/mol. The van der Waals surface area contributed by atoms with E-state index in [1.807, 2.05) is 25.2 Å². The number of nitrogens with one attached hydrogen (secondary N) is 2. The number of hydrogen-bond donors (Lipinski definition) is 2. The molecular weight excluding hydrogens is 388 g/mol. The smallest absolute Gasteiger partial charge is 0.191 e. The third-order valence-electron chi connectivity index (χ3n) is 5.87. The molecule has 4 rings (SSSR count). The minimum absolute atomic E-state index is 0.357. The number of ether oxygens (including phenoxy) is 1. The van der Waals surface area contributed by atoms with Crippen LogP contribution in [0.3, 0.4) is 0 Å². The molecule has 164 valence electrons. The fraction of sp³-hybridized carbons (Fsp3) is 0.417. The molecule has 0 aliphatic carbocycles. The molecule has 3 aromatic rings. The second-order valence-electron chi connectivity index (χ2n) is 7.90. The summed E-state index contributed by atoms with van der Waals surface area (Å²) in [7, 11) is 3.56. The first-order valence-corrected chi connectivity index (χ1v) is 11.0. The highest BCUT2D eigenvalue weighted by Crippen LogP contribution is 2.30. The van der Waals surface area contributed by atoms with E-state index in [9.17, 15) is 0 Å². The van der Waals surface area contributed by atoms with Crippen molar-refractivity contribution in [1.29, 1.82) is 0 Å². The normalized spacial score (nSPS) is 16.7. The topological polar surface area (TPSA) is 66.7 Å². The first kappa shape index (κ1) is 21.0. The van der Waals surface area contributed by atoms with Crippen molar-refractivity contribution < 1.29 is 4.74 Å². The molecule has 0 spiro atoms. The van der Waals surface area contributed by atoms with Gasteiger partial charge in [-0.3, -0.25) is 4.99 Å². The highest BCUT2D eigenvalue weighted by atomic mass is 16.5. The monoisotopic (exact) mass is 420 g/mol. The molecule has 1 atom stereocenters. The standard InChI is InChI=1S/C24H32N6O/c1-18-27-20-9-4-5-10-21(20)30(18)15-8-14-26-24(25-2)28-19-13-16-29(17-19)22-11-6-7-12-23(22)31-3/h4-7,9-12,19H,8,13-17H2,1-3H3,(H2,25,26,28). The van der Waals surface area contributed by atoms with Crippen LogP contribution >= 0.6 is 0 Å². The van der Waals surface area contributed by atoms with E-state index in [1.165, 1.54) is 5.52 Å². The van der Waals surface area contributed by atoms with Gasteiger partial charge in [0.2, 0.25) is 0 Å². The largest absolute Gasteiger partial charge is 0.495 e. The van der Waals surface area contributed by atoms with E-state index in [-0.39, 0.29) is 0 Å². The molecule has 0 radical (unpaired) electrons. The maximum Gasteiger partial charge on any atom is 0.191 e. The first-order chi connectivity index (χ1) is 15.2. The van der Waals surface area contributed by atoms with Crippen molar-refractivity contribution in [3.8, 4) is 5.75 Å². The Morgan fingerprint density at radius 1 is 1.19 bits per heavy atom. The lowest BCUT2D eigenvalue weighted by Gasteiger charge is -2.22. The summed E-state index contributed by atoms with van der Waals surface area (Å²) in [6.45, 7) is 5.79. The predicted molar refractivity (Wildman–Crippen MR) is 127 cm³/mol. The van der Waals surface area contributed by atoms with Crippen molar-refractivity contribution in [2.45, 2.75) is 32.4 Å². The van der Waals surface area contributed by atoms with Crippen LogP contribution in [0.25, 0.3) is 11.0 Å². The summed E-state index contributed by atoms with van der Waals surface area (Å²) in [6.07, 6.45) is 2.07. The third kappa shape index (κ3) is 4.76. The minimum atomic E-state index is 0.357.